The molecule has 0 spiro atoms. The van der Waals surface area contributed by atoms with Crippen LogP contribution in [0, 0.1) is 11.3 Å². The molecule has 0 fully saturated rings. The summed E-state index contributed by atoms with van der Waals surface area (Å²) in [5, 5.41) is 15.9. The summed E-state index contributed by atoms with van der Waals surface area (Å²) in [5.74, 6) is -0.0136. The highest BCUT2D eigenvalue weighted by Gasteiger charge is 2.06. The normalized spacial score (nSPS) is 10.3. The standard InChI is InChI=1S/C20H19N5O/c1-25-19(8-9-24-25)18-10-17(12-22-14-18)13-23-20(26)7-6-15-2-4-16(11-21)5-3-15/h2-5,8-10,12,14H,6-7,13H2,1H3,(H,23,26). The zero-order valence-corrected chi connectivity index (χ0v) is 14.5. The van der Waals surface area contributed by atoms with Gasteiger partial charge < -0.3 is 5.32 Å². The maximum absolute atomic E-state index is 12.1. The molecule has 2 aromatic heterocycles. The molecule has 3 rings (SSSR count). The number of carbonyl (C=O) groups excluding carboxylic acids is 1. The number of nitrogens with one attached hydrogen (secondary N) is 1. The average molecular weight is 345 g/mol. The zero-order chi connectivity index (χ0) is 18.4. The second-order valence-corrected chi connectivity index (χ2v) is 6.01. The van der Waals surface area contributed by atoms with Crippen LogP contribution in [0.25, 0.3) is 11.3 Å². The molecule has 0 aliphatic heterocycles. The van der Waals surface area contributed by atoms with Crippen molar-refractivity contribution < 1.29 is 4.79 Å². The van der Waals surface area contributed by atoms with E-state index < -0.39 is 0 Å². The summed E-state index contributed by atoms with van der Waals surface area (Å²) in [4.78, 5) is 16.3. The quantitative estimate of drug-likeness (QED) is 0.744. The first kappa shape index (κ1) is 17.4. The molecule has 0 unspecified atom stereocenters. The maximum Gasteiger partial charge on any atom is 0.220 e. The lowest BCUT2D eigenvalue weighted by atomic mass is 10.1. The van der Waals surface area contributed by atoms with Crippen molar-refractivity contribution in [3.63, 3.8) is 0 Å². The van der Waals surface area contributed by atoms with Gasteiger partial charge in [0.15, 0.2) is 0 Å². The van der Waals surface area contributed by atoms with Crippen LogP contribution in [0.3, 0.4) is 0 Å². The van der Waals surface area contributed by atoms with E-state index in [0.717, 1.165) is 22.4 Å². The Bertz CT molecular complexity index is 937. The number of amides is 1. The van der Waals surface area contributed by atoms with Gasteiger partial charge in [0.1, 0.15) is 0 Å². The van der Waals surface area contributed by atoms with Gasteiger partial charge >= 0.3 is 0 Å². The molecule has 0 bridgehead atoms. The Morgan fingerprint density at radius 1 is 1.19 bits per heavy atom. The molecule has 0 aliphatic rings. The molecule has 0 saturated heterocycles. The highest BCUT2D eigenvalue weighted by atomic mass is 16.1. The minimum Gasteiger partial charge on any atom is -0.352 e. The average Bonchev–Trinajstić information content (AvgIpc) is 3.11. The van der Waals surface area contributed by atoms with Crippen molar-refractivity contribution in [3.05, 3.63) is 71.7 Å². The van der Waals surface area contributed by atoms with Crippen LogP contribution in [0.2, 0.25) is 0 Å². The number of aromatic nitrogens is 3. The molecule has 1 N–H and O–H groups in total. The van der Waals surface area contributed by atoms with Gasteiger partial charge in [-0.1, -0.05) is 12.1 Å². The number of nitriles is 1. The zero-order valence-electron chi connectivity index (χ0n) is 14.5. The van der Waals surface area contributed by atoms with E-state index >= 15 is 0 Å². The topological polar surface area (TPSA) is 83.6 Å². The number of benzene rings is 1. The number of nitrogens with zero attached hydrogens (tertiary/aromatic N) is 4. The Hall–Kier alpha value is -3.46. The smallest absolute Gasteiger partial charge is 0.220 e. The molecule has 0 atom stereocenters. The summed E-state index contributed by atoms with van der Waals surface area (Å²) in [6, 6.07) is 13.3. The molecule has 3 aromatic rings. The summed E-state index contributed by atoms with van der Waals surface area (Å²) >= 11 is 0. The van der Waals surface area contributed by atoms with Crippen molar-refractivity contribution in [2.45, 2.75) is 19.4 Å². The van der Waals surface area contributed by atoms with E-state index in [1.807, 2.05) is 31.3 Å². The van der Waals surface area contributed by atoms with Crippen molar-refractivity contribution in [1.82, 2.24) is 20.1 Å². The fraction of sp³-hybridized carbons (Fsp3) is 0.200. The fourth-order valence-corrected chi connectivity index (χ4v) is 2.67. The van der Waals surface area contributed by atoms with Crippen molar-refractivity contribution in [2.24, 2.45) is 7.05 Å². The van der Waals surface area contributed by atoms with Gasteiger partial charge in [0, 0.05) is 44.2 Å². The Balaban J connectivity index is 1.53. The van der Waals surface area contributed by atoms with Gasteiger partial charge in [-0.15, -0.1) is 0 Å². The summed E-state index contributed by atoms with van der Waals surface area (Å²) in [7, 11) is 1.88. The van der Waals surface area contributed by atoms with Gasteiger partial charge in [0.05, 0.1) is 17.3 Å². The lowest BCUT2D eigenvalue weighted by Crippen LogP contribution is -2.23. The lowest BCUT2D eigenvalue weighted by Gasteiger charge is -2.07. The number of pyridine rings is 1. The highest BCUT2D eigenvalue weighted by Crippen LogP contribution is 2.18. The second-order valence-electron chi connectivity index (χ2n) is 6.01. The van der Waals surface area contributed by atoms with Crippen LogP contribution < -0.4 is 5.32 Å². The first-order valence-electron chi connectivity index (χ1n) is 8.34. The molecule has 6 nitrogen and oxygen atoms in total. The van der Waals surface area contributed by atoms with E-state index in [0.29, 0.717) is 24.9 Å². The third-order valence-corrected chi connectivity index (χ3v) is 4.13. The summed E-state index contributed by atoms with van der Waals surface area (Å²) < 4.78 is 1.79. The Kier molecular flexibility index (Phi) is 5.40. The van der Waals surface area contributed by atoms with E-state index in [4.69, 9.17) is 5.26 Å². The number of aryl methyl sites for hydroxylation is 2. The molecule has 26 heavy (non-hydrogen) atoms. The Morgan fingerprint density at radius 2 is 2.00 bits per heavy atom. The van der Waals surface area contributed by atoms with Crippen molar-refractivity contribution in [1.29, 1.82) is 5.26 Å². The fourth-order valence-electron chi connectivity index (χ4n) is 2.67. The van der Waals surface area contributed by atoms with E-state index in [-0.39, 0.29) is 5.91 Å². The number of hydrogen-bond donors (Lipinski definition) is 1. The van der Waals surface area contributed by atoms with E-state index in [9.17, 15) is 4.79 Å². The maximum atomic E-state index is 12.1. The number of carbonyl (C=O) groups is 1. The molecule has 0 saturated carbocycles. The van der Waals surface area contributed by atoms with Crippen molar-refractivity contribution in [3.8, 4) is 17.3 Å². The first-order valence-corrected chi connectivity index (χ1v) is 8.34. The first-order chi connectivity index (χ1) is 12.7. The molecule has 1 amide bonds. The van der Waals surface area contributed by atoms with E-state index in [1.165, 1.54) is 0 Å². The van der Waals surface area contributed by atoms with Crippen LogP contribution in [-0.4, -0.2) is 20.7 Å². The second kappa shape index (κ2) is 8.08. The van der Waals surface area contributed by atoms with Crippen LogP contribution in [0.15, 0.2) is 55.0 Å². The molecule has 1 aromatic carbocycles. The van der Waals surface area contributed by atoms with Gasteiger partial charge in [0.2, 0.25) is 5.91 Å². The predicted molar refractivity (Wildman–Crippen MR) is 97.8 cm³/mol. The Morgan fingerprint density at radius 3 is 2.69 bits per heavy atom. The Labute approximate surface area is 152 Å². The van der Waals surface area contributed by atoms with Gasteiger partial charge in [-0.05, 0) is 41.8 Å². The summed E-state index contributed by atoms with van der Waals surface area (Å²) in [5.41, 5.74) is 4.55. The summed E-state index contributed by atoms with van der Waals surface area (Å²) in [6.07, 6.45) is 6.33. The lowest BCUT2D eigenvalue weighted by molar-refractivity contribution is -0.121. The number of rotatable bonds is 6. The largest absolute Gasteiger partial charge is 0.352 e. The van der Waals surface area contributed by atoms with Crippen LogP contribution >= 0.6 is 0 Å². The molecule has 6 heteroatoms. The molecular weight excluding hydrogens is 326 g/mol. The SMILES string of the molecule is Cn1nccc1-c1cncc(CNC(=O)CCc2ccc(C#N)cc2)c1. The van der Waals surface area contributed by atoms with Crippen LogP contribution in [0.1, 0.15) is 23.1 Å². The van der Waals surface area contributed by atoms with E-state index in [2.05, 4.69) is 21.5 Å². The monoisotopic (exact) mass is 345 g/mol. The minimum atomic E-state index is -0.0136. The highest BCUT2D eigenvalue weighted by molar-refractivity contribution is 5.76. The molecule has 0 radical (unpaired) electrons. The van der Waals surface area contributed by atoms with Crippen molar-refractivity contribution >= 4 is 5.91 Å². The molecule has 0 aliphatic carbocycles. The molecule has 2 heterocycles. The summed E-state index contributed by atoms with van der Waals surface area (Å²) in [6.45, 7) is 0.435. The van der Waals surface area contributed by atoms with Crippen LogP contribution in [-0.2, 0) is 24.8 Å². The molecular formula is C20H19N5O. The third kappa shape index (κ3) is 4.33. The van der Waals surface area contributed by atoms with Crippen LogP contribution in [0.5, 0.6) is 0 Å². The minimum absolute atomic E-state index is 0.0136. The number of hydrogen-bond acceptors (Lipinski definition) is 4. The third-order valence-electron chi connectivity index (χ3n) is 4.13. The molecule has 130 valence electrons. The van der Waals surface area contributed by atoms with Crippen LogP contribution in [0.4, 0.5) is 0 Å². The van der Waals surface area contributed by atoms with Gasteiger partial charge in [0.25, 0.3) is 0 Å². The van der Waals surface area contributed by atoms with Gasteiger partial charge in [-0.3, -0.25) is 14.5 Å². The van der Waals surface area contributed by atoms with Crippen molar-refractivity contribution in [2.75, 3.05) is 0 Å². The van der Waals surface area contributed by atoms with Gasteiger partial charge in [-0.25, -0.2) is 0 Å². The van der Waals surface area contributed by atoms with E-state index in [1.54, 1.807) is 35.4 Å². The van der Waals surface area contributed by atoms with Gasteiger partial charge in [-0.2, -0.15) is 10.4 Å². The predicted octanol–water partition coefficient (Wildman–Crippen LogP) is 2.60.